The predicted molar refractivity (Wildman–Crippen MR) is 127 cm³/mol. The lowest BCUT2D eigenvalue weighted by molar-refractivity contribution is 0.0735. The van der Waals surface area contributed by atoms with E-state index in [0.717, 1.165) is 29.5 Å². The Hall–Kier alpha value is -3.14. The summed E-state index contributed by atoms with van der Waals surface area (Å²) in [5.74, 6) is -0.0658. The van der Waals surface area contributed by atoms with Gasteiger partial charge in [-0.15, -0.1) is 0 Å². The molecule has 0 aliphatic rings. The number of halogens is 1. The Morgan fingerprint density at radius 1 is 0.906 bits per heavy atom. The van der Waals surface area contributed by atoms with Gasteiger partial charge < -0.3 is 9.47 Å². The highest BCUT2D eigenvalue weighted by molar-refractivity contribution is 5.91. The maximum atomic E-state index is 14.6. The number of unbranched alkanes of at least 4 members (excludes halogenated alkanes) is 3. The highest BCUT2D eigenvalue weighted by Crippen LogP contribution is 2.28. The zero-order valence-electron chi connectivity index (χ0n) is 19.1. The standard InChI is InChI=1S/C28H31FO3/c1-4-5-6-7-8-21(3)31-27-18-15-24(19-26(27)29)22-13-16-25(17-14-22)32-28(30)23-11-9-20(2)10-12-23/h9-19,21H,4-8H2,1-3H3. The molecule has 0 saturated heterocycles. The minimum absolute atomic E-state index is 0.0188. The fraction of sp³-hybridized carbons (Fsp3) is 0.321. The minimum Gasteiger partial charge on any atom is -0.488 e. The summed E-state index contributed by atoms with van der Waals surface area (Å²) >= 11 is 0. The summed E-state index contributed by atoms with van der Waals surface area (Å²) in [5.41, 5.74) is 3.15. The summed E-state index contributed by atoms with van der Waals surface area (Å²) in [6.45, 7) is 6.13. The zero-order valence-corrected chi connectivity index (χ0v) is 19.1. The van der Waals surface area contributed by atoms with Crippen molar-refractivity contribution in [3.63, 3.8) is 0 Å². The van der Waals surface area contributed by atoms with Gasteiger partial charge in [-0.3, -0.25) is 0 Å². The highest BCUT2D eigenvalue weighted by Gasteiger charge is 2.12. The molecule has 1 unspecified atom stereocenters. The normalized spacial score (nSPS) is 11.8. The molecular weight excluding hydrogens is 403 g/mol. The van der Waals surface area contributed by atoms with Crippen LogP contribution in [-0.2, 0) is 0 Å². The van der Waals surface area contributed by atoms with Gasteiger partial charge in [0.15, 0.2) is 11.6 Å². The van der Waals surface area contributed by atoms with Crippen LogP contribution in [0.1, 0.15) is 61.9 Å². The first-order chi connectivity index (χ1) is 15.5. The number of ether oxygens (including phenoxy) is 2. The summed E-state index contributed by atoms with van der Waals surface area (Å²) in [7, 11) is 0. The quantitative estimate of drug-likeness (QED) is 0.186. The number of aryl methyl sites for hydroxylation is 1. The molecule has 4 heteroatoms. The summed E-state index contributed by atoms with van der Waals surface area (Å²) in [6, 6.07) is 19.3. The molecule has 0 fully saturated rings. The fourth-order valence-corrected chi connectivity index (χ4v) is 3.48. The Labute approximate surface area is 190 Å². The highest BCUT2D eigenvalue weighted by atomic mass is 19.1. The van der Waals surface area contributed by atoms with Crippen molar-refractivity contribution in [2.75, 3.05) is 0 Å². The Morgan fingerprint density at radius 2 is 1.59 bits per heavy atom. The van der Waals surface area contributed by atoms with Crippen LogP contribution in [0.15, 0.2) is 66.7 Å². The first-order valence-corrected chi connectivity index (χ1v) is 11.3. The van der Waals surface area contributed by atoms with Crippen molar-refractivity contribution in [2.24, 2.45) is 0 Å². The molecule has 0 heterocycles. The van der Waals surface area contributed by atoms with Crippen LogP contribution in [0.5, 0.6) is 11.5 Å². The molecule has 0 aliphatic heterocycles. The van der Waals surface area contributed by atoms with Gasteiger partial charge in [-0.2, -0.15) is 0 Å². The maximum Gasteiger partial charge on any atom is 0.343 e. The van der Waals surface area contributed by atoms with Gasteiger partial charge in [-0.1, -0.05) is 62.1 Å². The topological polar surface area (TPSA) is 35.5 Å². The molecule has 32 heavy (non-hydrogen) atoms. The summed E-state index contributed by atoms with van der Waals surface area (Å²) in [6.07, 6.45) is 5.59. The van der Waals surface area contributed by atoms with Gasteiger partial charge in [-0.05, 0) is 74.2 Å². The zero-order chi connectivity index (χ0) is 22.9. The van der Waals surface area contributed by atoms with Crippen molar-refractivity contribution < 1.29 is 18.7 Å². The van der Waals surface area contributed by atoms with E-state index in [4.69, 9.17) is 9.47 Å². The van der Waals surface area contributed by atoms with E-state index in [9.17, 15) is 9.18 Å². The summed E-state index contributed by atoms with van der Waals surface area (Å²) in [5, 5.41) is 0. The van der Waals surface area contributed by atoms with Crippen LogP contribution < -0.4 is 9.47 Å². The number of benzene rings is 3. The molecule has 168 valence electrons. The number of esters is 1. The van der Waals surface area contributed by atoms with Gasteiger partial charge in [0.25, 0.3) is 0 Å². The molecule has 3 aromatic carbocycles. The van der Waals surface area contributed by atoms with Crippen molar-refractivity contribution >= 4 is 5.97 Å². The van der Waals surface area contributed by atoms with E-state index in [2.05, 4.69) is 6.92 Å². The van der Waals surface area contributed by atoms with Gasteiger partial charge in [0, 0.05) is 0 Å². The van der Waals surface area contributed by atoms with Gasteiger partial charge in [0.1, 0.15) is 5.75 Å². The third-order valence-corrected chi connectivity index (χ3v) is 5.41. The van der Waals surface area contributed by atoms with Crippen LogP contribution in [0.2, 0.25) is 0 Å². The first kappa shape index (κ1) is 23.5. The molecule has 0 spiro atoms. The van der Waals surface area contributed by atoms with Gasteiger partial charge in [0.05, 0.1) is 11.7 Å². The van der Waals surface area contributed by atoms with Gasteiger partial charge in [-0.25, -0.2) is 9.18 Å². The first-order valence-electron chi connectivity index (χ1n) is 11.3. The molecule has 1 atom stereocenters. The van der Waals surface area contributed by atoms with E-state index in [-0.39, 0.29) is 17.7 Å². The molecular formula is C28H31FO3. The number of hydrogen-bond acceptors (Lipinski definition) is 3. The lowest BCUT2D eigenvalue weighted by Gasteiger charge is -2.16. The van der Waals surface area contributed by atoms with E-state index in [1.165, 1.54) is 25.3 Å². The monoisotopic (exact) mass is 434 g/mol. The Kier molecular flexibility index (Phi) is 8.43. The van der Waals surface area contributed by atoms with Crippen molar-refractivity contribution in [3.8, 4) is 22.6 Å². The van der Waals surface area contributed by atoms with E-state index < -0.39 is 5.97 Å². The summed E-state index contributed by atoms with van der Waals surface area (Å²) in [4.78, 5) is 12.3. The van der Waals surface area contributed by atoms with Gasteiger partial charge in [0.2, 0.25) is 0 Å². The van der Waals surface area contributed by atoms with Crippen LogP contribution in [0, 0.1) is 12.7 Å². The fourth-order valence-electron chi connectivity index (χ4n) is 3.48. The van der Waals surface area contributed by atoms with Crippen LogP contribution >= 0.6 is 0 Å². The Balaban J connectivity index is 1.60. The van der Waals surface area contributed by atoms with Crippen molar-refractivity contribution in [1.29, 1.82) is 0 Å². The molecule has 0 radical (unpaired) electrons. The average Bonchev–Trinajstić information content (AvgIpc) is 2.79. The van der Waals surface area contributed by atoms with Crippen molar-refractivity contribution in [2.45, 2.75) is 59.0 Å². The van der Waals surface area contributed by atoms with E-state index in [0.29, 0.717) is 11.3 Å². The predicted octanol–water partition coefficient (Wildman–Crippen LogP) is 7.76. The van der Waals surface area contributed by atoms with Crippen LogP contribution in [-0.4, -0.2) is 12.1 Å². The minimum atomic E-state index is -0.408. The van der Waals surface area contributed by atoms with E-state index >= 15 is 0 Å². The third-order valence-electron chi connectivity index (χ3n) is 5.41. The molecule has 0 aromatic heterocycles. The second-order valence-corrected chi connectivity index (χ2v) is 8.20. The molecule has 0 amide bonds. The van der Waals surface area contributed by atoms with Gasteiger partial charge >= 0.3 is 5.97 Å². The van der Waals surface area contributed by atoms with Crippen molar-refractivity contribution in [1.82, 2.24) is 0 Å². The van der Waals surface area contributed by atoms with Crippen LogP contribution in [0.25, 0.3) is 11.1 Å². The Bertz CT molecular complexity index is 1010. The molecule has 3 nitrogen and oxygen atoms in total. The van der Waals surface area contributed by atoms with E-state index in [1.54, 1.807) is 30.3 Å². The lowest BCUT2D eigenvalue weighted by atomic mass is 10.1. The van der Waals surface area contributed by atoms with Crippen LogP contribution in [0.4, 0.5) is 4.39 Å². The molecule has 3 rings (SSSR count). The number of carbonyl (C=O) groups excluding carboxylic acids is 1. The smallest absolute Gasteiger partial charge is 0.343 e. The number of carbonyl (C=O) groups is 1. The van der Waals surface area contributed by atoms with Crippen LogP contribution in [0.3, 0.4) is 0 Å². The Morgan fingerprint density at radius 3 is 2.25 bits per heavy atom. The molecule has 3 aromatic rings. The third kappa shape index (κ3) is 6.68. The molecule has 0 saturated carbocycles. The molecule has 0 aliphatic carbocycles. The molecule has 0 bridgehead atoms. The SMILES string of the molecule is CCCCCCC(C)Oc1ccc(-c2ccc(OC(=O)c3ccc(C)cc3)cc2)cc1F. The maximum absolute atomic E-state index is 14.6. The van der Waals surface area contributed by atoms with Crippen molar-refractivity contribution in [3.05, 3.63) is 83.7 Å². The summed E-state index contributed by atoms with van der Waals surface area (Å²) < 4.78 is 25.8. The second-order valence-electron chi connectivity index (χ2n) is 8.20. The van der Waals surface area contributed by atoms with E-state index in [1.807, 2.05) is 44.2 Å². The lowest BCUT2D eigenvalue weighted by Crippen LogP contribution is -2.12. The molecule has 0 N–H and O–H groups in total. The average molecular weight is 435 g/mol. The number of rotatable bonds is 10. The largest absolute Gasteiger partial charge is 0.488 e. The second kappa shape index (κ2) is 11.5. The number of hydrogen-bond donors (Lipinski definition) is 0.